The molecule has 22 heavy (non-hydrogen) atoms. The first-order valence-electron chi connectivity index (χ1n) is 7.37. The van der Waals surface area contributed by atoms with Crippen LogP contribution in [0.25, 0.3) is 5.69 Å². The molecule has 5 nitrogen and oxygen atoms in total. The zero-order chi connectivity index (χ0) is 16.2. The van der Waals surface area contributed by atoms with Crippen molar-refractivity contribution < 1.29 is 9.18 Å². The third-order valence-electron chi connectivity index (χ3n) is 4.17. The van der Waals surface area contributed by atoms with Crippen LogP contribution >= 0.6 is 0 Å². The highest BCUT2D eigenvalue weighted by Gasteiger charge is 2.33. The van der Waals surface area contributed by atoms with Gasteiger partial charge < -0.3 is 11.1 Å². The average molecular weight is 304 g/mol. The molecule has 1 heterocycles. The van der Waals surface area contributed by atoms with Gasteiger partial charge in [0.1, 0.15) is 11.5 Å². The number of amides is 1. The molecule has 0 spiro atoms. The molecule has 0 aliphatic carbocycles. The maximum Gasteiger partial charge on any atom is 0.231 e. The molecule has 0 atom stereocenters. The summed E-state index contributed by atoms with van der Waals surface area (Å²) in [7, 11) is 0. The summed E-state index contributed by atoms with van der Waals surface area (Å²) >= 11 is 0. The molecule has 0 saturated carbocycles. The number of rotatable bonds is 6. The smallest absolute Gasteiger partial charge is 0.231 e. The molecular weight excluding hydrogens is 283 g/mol. The van der Waals surface area contributed by atoms with Gasteiger partial charge in [0.05, 0.1) is 23.5 Å². The Bertz CT molecular complexity index is 641. The van der Waals surface area contributed by atoms with Crippen molar-refractivity contribution in [1.82, 2.24) is 9.78 Å². The van der Waals surface area contributed by atoms with Crippen LogP contribution in [0.5, 0.6) is 0 Å². The van der Waals surface area contributed by atoms with E-state index >= 15 is 0 Å². The van der Waals surface area contributed by atoms with E-state index in [1.165, 1.54) is 16.9 Å². The number of anilines is 1. The van der Waals surface area contributed by atoms with Gasteiger partial charge in [-0.15, -0.1) is 0 Å². The Balaban J connectivity index is 2.19. The van der Waals surface area contributed by atoms with Crippen LogP contribution in [-0.4, -0.2) is 22.2 Å². The number of hydrogen-bond donors (Lipinski definition) is 2. The summed E-state index contributed by atoms with van der Waals surface area (Å²) < 4.78 is 15.1. The molecule has 6 heteroatoms. The summed E-state index contributed by atoms with van der Waals surface area (Å²) in [5, 5.41) is 6.91. The standard InChI is InChI=1S/C16H21FN4O/c1-3-16(4-2,11-18)15(22)20-12-9-19-21(10-12)14-8-6-5-7-13(14)17/h5-10H,3-4,11,18H2,1-2H3,(H,20,22). The van der Waals surface area contributed by atoms with Crippen molar-refractivity contribution in [3.63, 3.8) is 0 Å². The third-order valence-corrected chi connectivity index (χ3v) is 4.17. The van der Waals surface area contributed by atoms with E-state index in [4.69, 9.17) is 5.73 Å². The van der Waals surface area contributed by atoms with Crippen molar-refractivity contribution in [1.29, 1.82) is 0 Å². The molecule has 0 unspecified atom stereocenters. The molecular formula is C16H21FN4O. The van der Waals surface area contributed by atoms with Crippen LogP contribution in [0.1, 0.15) is 26.7 Å². The molecule has 3 N–H and O–H groups in total. The highest BCUT2D eigenvalue weighted by atomic mass is 19.1. The van der Waals surface area contributed by atoms with E-state index in [9.17, 15) is 9.18 Å². The van der Waals surface area contributed by atoms with E-state index in [-0.39, 0.29) is 18.3 Å². The Morgan fingerprint density at radius 3 is 2.64 bits per heavy atom. The van der Waals surface area contributed by atoms with Crippen LogP contribution in [-0.2, 0) is 4.79 Å². The van der Waals surface area contributed by atoms with Crippen molar-refractivity contribution in [3.8, 4) is 5.69 Å². The second-order valence-corrected chi connectivity index (χ2v) is 5.27. The van der Waals surface area contributed by atoms with Gasteiger partial charge in [-0.1, -0.05) is 26.0 Å². The Kier molecular flexibility index (Phi) is 4.92. The van der Waals surface area contributed by atoms with Gasteiger partial charge in [0, 0.05) is 6.54 Å². The highest BCUT2D eigenvalue weighted by Crippen LogP contribution is 2.27. The molecule has 1 aromatic heterocycles. The van der Waals surface area contributed by atoms with Gasteiger partial charge in [-0.05, 0) is 25.0 Å². The number of para-hydroxylation sites is 1. The molecule has 1 amide bonds. The van der Waals surface area contributed by atoms with Gasteiger partial charge in [-0.3, -0.25) is 4.79 Å². The molecule has 0 aliphatic heterocycles. The van der Waals surface area contributed by atoms with E-state index in [1.807, 2.05) is 13.8 Å². The molecule has 0 bridgehead atoms. The largest absolute Gasteiger partial charge is 0.329 e. The lowest BCUT2D eigenvalue weighted by Gasteiger charge is -2.28. The van der Waals surface area contributed by atoms with Gasteiger partial charge in [0.25, 0.3) is 0 Å². The minimum absolute atomic E-state index is 0.131. The topological polar surface area (TPSA) is 72.9 Å². The molecule has 0 saturated heterocycles. The SMILES string of the molecule is CCC(CC)(CN)C(=O)Nc1cnn(-c2ccccc2F)c1. The van der Waals surface area contributed by atoms with E-state index in [1.54, 1.807) is 24.4 Å². The molecule has 2 rings (SSSR count). The number of nitrogens with zero attached hydrogens (tertiary/aromatic N) is 2. The predicted octanol–water partition coefficient (Wildman–Crippen LogP) is 2.72. The van der Waals surface area contributed by atoms with Crippen LogP contribution in [0.4, 0.5) is 10.1 Å². The summed E-state index contributed by atoms with van der Waals surface area (Å²) in [4.78, 5) is 12.4. The number of nitrogens with two attached hydrogens (primary N) is 1. The minimum Gasteiger partial charge on any atom is -0.329 e. The zero-order valence-electron chi connectivity index (χ0n) is 12.8. The second kappa shape index (κ2) is 6.70. The number of nitrogens with one attached hydrogen (secondary N) is 1. The number of carbonyl (C=O) groups excluding carboxylic acids is 1. The van der Waals surface area contributed by atoms with Gasteiger partial charge in [0.2, 0.25) is 5.91 Å². The Labute approximate surface area is 129 Å². The first kappa shape index (κ1) is 16.2. The van der Waals surface area contributed by atoms with Crippen molar-refractivity contribution in [2.24, 2.45) is 11.1 Å². The normalized spacial score (nSPS) is 11.5. The maximum atomic E-state index is 13.7. The molecule has 0 radical (unpaired) electrons. The summed E-state index contributed by atoms with van der Waals surface area (Å²) in [6, 6.07) is 6.33. The van der Waals surface area contributed by atoms with Gasteiger partial charge in [-0.25, -0.2) is 9.07 Å². The number of hydrogen-bond acceptors (Lipinski definition) is 3. The van der Waals surface area contributed by atoms with Crippen molar-refractivity contribution in [3.05, 3.63) is 42.5 Å². The minimum atomic E-state index is -0.583. The number of carbonyl (C=O) groups is 1. The summed E-state index contributed by atoms with van der Waals surface area (Å²) in [5.74, 6) is -0.505. The molecule has 2 aromatic rings. The zero-order valence-corrected chi connectivity index (χ0v) is 12.8. The molecule has 118 valence electrons. The van der Waals surface area contributed by atoms with Gasteiger partial charge in [-0.2, -0.15) is 5.10 Å². The Morgan fingerprint density at radius 1 is 1.36 bits per heavy atom. The van der Waals surface area contributed by atoms with Gasteiger partial charge >= 0.3 is 0 Å². The second-order valence-electron chi connectivity index (χ2n) is 5.27. The van der Waals surface area contributed by atoms with E-state index < -0.39 is 5.41 Å². The highest BCUT2D eigenvalue weighted by molar-refractivity contribution is 5.95. The Morgan fingerprint density at radius 2 is 2.05 bits per heavy atom. The lowest BCUT2D eigenvalue weighted by Crippen LogP contribution is -2.41. The van der Waals surface area contributed by atoms with Crippen molar-refractivity contribution in [2.45, 2.75) is 26.7 Å². The lowest BCUT2D eigenvalue weighted by atomic mass is 9.81. The summed E-state index contributed by atoms with van der Waals surface area (Å²) in [5.41, 5.74) is 6.04. The fourth-order valence-corrected chi connectivity index (χ4v) is 2.37. The van der Waals surface area contributed by atoms with Crippen molar-refractivity contribution in [2.75, 3.05) is 11.9 Å². The number of halogens is 1. The first-order valence-corrected chi connectivity index (χ1v) is 7.37. The van der Waals surface area contributed by atoms with Crippen LogP contribution in [0.2, 0.25) is 0 Å². The molecule has 1 aromatic carbocycles. The Hall–Kier alpha value is -2.21. The average Bonchev–Trinajstić information content (AvgIpc) is 2.98. The maximum absolute atomic E-state index is 13.7. The summed E-state index contributed by atoms with van der Waals surface area (Å²) in [6.07, 6.45) is 4.40. The van der Waals surface area contributed by atoms with Crippen LogP contribution in [0.15, 0.2) is 36.7 Å². The van der Waals surface area contributed by atoms with E-state index in [2.05, 4.69) is 10.4 Å². The first-order chi connectivity index (χ1) is 10.6. The van der Waals surface area contributed by atoms with Crippen LogP contribution in [0.3, 0.4) is 0 Å². The third kappa shape index (κ3) is 3.01. The van der Waals surface area contributed by atoms with Crippen molar-refractivity contribution >= 4 is 11.6 Å². The fraction of sp³-hybridized carbons (Fsp3) is 0.375. The summed E-state index contributed by atoms with van der Waals surface area (Å²) in [6.45, 7) is 4.17. The molecule has 0 fully saturated rings. The molecule has 0 aliphatic rings. The predicted molar refractivity (Wildman–Crippen MR) is 84.2 cm³/mol. The fourth-order valence-electron chi connectivity index (χ4n) is 2.37. The monoisotopic (exact) mass is 304 g/mol. The quantitative estimate of drug-likeness (QED) is 0.862. The number of benzene rings is 1. The number of aromatic nitrogens is 2. The van der Waals surface area contributed by atoms with Crippen LogP contribution < -0.4 is 11.1 Å². The van der Waals surface area contributed by atoms with Crippen LogP contribution in [0, 0.1) is 11.2 Å². The lowest BCUT2D eigenvalue weighted by molar-refractivity contribution is -0.125. The van der Waals surface area contributed by atoms with E-state index in [0.29, 0.717) is 24.2 Å². The van der Waals surface area contributed by atoms with E-state index in [0.717, 1.165) is 0 Å². The van der Waals surface area contributed by atoms with Gasteiger partial charge in [0.15, 0.2) is 0 Å².